The van der Waals surface area contributed by atoms with Crippen molar-refractivity contribution in [1.82, 2.24) is 9.78 Å². The van der Waals surface area contributed by atoms with E-state index < -0.39 is 17.6 Å². The number of benzene rings is 1. The molecule has 0 unspecified atom stereocenters. The summed E-state index contributed by atoms with van der Waals surface area (Å²) in [5, 5.41) is 3.82. The van der Waals surface area contributed by atoms with Gasteiger partial charge in [-0.05, 0) is 34.1 Å². The second-order valence-electron chi connectivity index (χ2n) is 4.18. The molecule has 1 aliphatic heterocycles. The molecule has 1 aromatic carbocycles. The number of aryl methyl sites for hydroxylation is 1. The maximum Gasteiger partial charge on any atom is 0.284 e. The molecule has 2 heterocycles. The number of carbonyl (C=O) groups excluding carboxylic acids is 2. The number of nitrogens with zero attached hydrogens (tertiary/aromatic N) is 3. The van der Waals surface area contributed by atoms with Gasteiger partial charge in [0.2, 0.25) is 0 Å². The average Bonchev–Trinajstić information content (AvgIpc) is 2.82. The monoisotopic (exact) mass is 357 g/mol. The number of amides is 2. The van der Waals surface area contributed by atoms with Crippen LogP contribution >= 0.6 is 27.5 Å². The molecule has 102 valence electrons. The number of anilines is 1. The summed E-state index contributed by atoms with van der Waals surface area (Å²) >= 11 is 8.83. The van der Waals surface area contributed by atoms with Gasteiger partial charge < -0.3 is 0 Å². The minimum atomic E-state index is -0.616. The highest BCUT2D eigenvalue weighted by atomic mass is 79.9. The van der Waals surface area contributed by atoms with Crippen molar-refractivity contribution < 1.29 is 14.0 Å². The average molecular weight is 359 g/mol. The predicted octanol–water partition coefficient (Wildman–Crippen LogP) is 2.78. The Hall–Kier alpha value is -1.73. The zero-order chi connectivity index (χ0) is 14.6. The summed E-state index contributed by atoms with van der Waals surface area (Å²) in [4.78, 5) is 25.6. The Morgan fingerprint density at radius 1 is 1.30 bits per heavy atom. The molecular weight excluding hydrogens is 353 g/mol. The minimum absolute atomic E-state index is 0.156. The summed E-state index contributed by atoms with van der Waals surface area (Å²) in [5.74, 6) is -1.66. The topological polar surface area (TPSA) is 55.2 Å². The molecule has 0 N–H and O–H groups in total. The molecule has 1 aliphatic rings. The first-order valence-electron chi connectivity index (χ1n) is 5.48. The maximum absolute atomic E-state index is 13.2. The van der Waals surface area contributed by atoms with Crippen molar-refractivity contribution in [1.29, 1.82) is 0 Å². The Bertz CT molecular complexity index is 738. The molecule has 3 rings (SSSR count). The maximum atomic E-state index is 13.2. The van der Waals surface area contributed by atoms with Gasteiger partial charge in [-0.3, -0.25) is 14.3 Å². The van der Waals surface area contributed by atoms with Gasteiger partial charge in [-0.1, -0.05) is 11.6 Å². The number of halogens is 3. The highest BCUT2D eigenvalue weighted by molar-refractivity contribution is 9.10. The first-order chi connectivity index (χ1) is 9.41. The summed E-state index contributed by atoms with van der Waals surface area (Å²) in [7, 11) is 1.57. The summed E-state index contributed by atoms with van der Waals surface area (Å²) < 4.78 is 14.8. The van der Waals surface area contributed by atoms with Crippen LogP contribution in [0.1, 0.15) is 20.8 Å². The van der Waals surface area contributed by atoms with E-state index in [1.807, 2.05) is 0 Å². The van der Waals surface area contributed by atoms with Crippen LogP contribution in [0.3, 0.4) is 0 Å². The first kappa shape index (κ1) is 13.3. The van der Waals surface area contributed by atoms with Gasteiger partial charge in [0.05, 0.1) is 10.7 Å². The van der Waals surface area contributed by atoms with Crippen molar-refractivity contribution in [3.8, 4) is 0 Å². The highest BCUT2D eigenvalue weighted by Gasteiger charge is 2.42. The number of aromatic nitrogens is 2. The van der Waals surface area contributed by atoms with Crippen molar-refractivity contribution in [2.24, 2.45) is 7.05 Å². The fraction of sp³-hybridized carbons (Fsp3) is 0.0833. The third-order valence-corrected chi connectivity index (χ3v) is 3.83. The van der Waals surface area contributed by atoms with Crippen LogP contribution in [0.5, 0.6) is 0 Å². The Morgan fingerprint density at radius 3 is 2.60 bits per heavy atom. The van der Waals surface area contributed by atoms with Crippen LogP contribution in [0, 0.1) is 5.82 Å². The van der Waals surface area contributed by atoms with Crippen LogP contribution in [0.25, 0.3) is 0 Å². The Labute approximate surface area is 126 Å². The van der Waals surface area contributed by atoms with Gasteiger partial charge in [0.15, 0.2) is 0 Å². The molecule has 0 saturated carbocycles. The fourth-order valence-corrected chi connectivity index (χ4v) is 2.86. The van der Waals surface area contributed by atoms with Crippen molar-refractivity contribution in [2.45, 2.75) is 0 Å². The van der Waals surface area contributed by atoms with E-state index in [4.69, 9.17) is 11.6 Å². The van der Waals surface area contributed by atoms with Gasteiger partial charge in [0.1, 0.15) is 21.7 Å². The van der Waals surface area contributed by atoms with E-state index in [1.54, 1.807) is 7.05 Å². The number of imide groups is 1. The number of hydrogen-bond donors (Lipinski definition) is 0. The van der Waals surface area contributed by atoms with Gasteiger partial charge in [0, 0.05) is 7.05 Å². The van der Waals surface area contributed by atoms with Crippen molar-refractivity contribution in [2.75, 3.05) is 4.90 Å². The van der Waals surface area contributed by atoms with E-state index in [-0.39, 0.29) is 22.0 Å². The minimum Gasteiger partial charge on any atom is -0.268 e. The molecule has 0 bridgehead atoms. The van der Waals surface area contributed by atoms with Crippen molar-refractivity contribution in [3.63, 3.8) is 0 Å². The lowest BCUT2D eigenvalue weighted by Gasteiger charge is -2.14. The highest BCUT2D eigenvalue weighted by Crippen LogP contribution is 2.33. The molecular formula is C12H6BrClFN3O2. The van der Waals surface area contributed by atoms with Gasteiger partial charge in [-0.2, -0.15) is 5.10 Å². The molecule has 5 nitrogen and oxygen atoms in total. The number of hydrogen-bond acceptors (Lipinski definition) is 3. The lowest BCUT2D eigenvalue weighted by Crippen LogP contribution is -2.30. The lowest BCUT2D eigenvalue weighted by atomic mass is 10.3. The predicted molar refractivity (Wildman–Crippen MR) is 73.5 cm³/mol. The van der Waals surface area contributed by atoms with Crippen LogP contribution < -0.4 is 4.90 Å². The molecule has 0 atom stereocenters. The third-order valence-electron chi connectivity index (χ3n) is 2.99. The summed E-state index contributed by atoms with van der Waals surface area (Å²) in [6, 6.07) is 3.67. The van der Waals surface area contributed by atoms with Crippen LogP contribution in [0.15, 0.2) is 22.8 Å². The standard InChI is InChI=1S/C12H6BrClFN3O2/c1-17-9-8(10(13)16-17)11(19)18(12(9)20)5-2-3-7(15)6(14)4-5/h2-4H,1H3. The molecule has 0 fully saturated rings. The molecule has 8 heteroatoms. The SMILES string of the molecule is Cn1nc(Br)c2c1C(=O)N(c1ccc(F)c(Cl)c1)C2=O. The largest absolute Gasteiger partial charge is 0.284 e. The smallest absolute Gasteiger partial charge is 0.268 e. The zero-order valence-corrected chi connectivity index (χ0v) is 12.4. The van der Waals surface area contributed by atoms with Crippen LogP contribution in [0.4, 0.5) is 10.1 Å². The van der Waals surface area contributed by atoms with Crippen molar-refractivity contribution in [3.05, 3.63) is 44.9 Å². The second kappa shape index (κ2) is 4.39. The molecule has 2 amide bonds. The Morgan fingerprint density at radius 2 is 2.00 bits per heavy atom. The fourth-order valence-electron chi connectivity index (χ4n) is 2.09. The number of carbonyl (C=O) groups is 2. The Balaban J connectivity index is 2.14. The summed E-state index contributed by atoms with van der Waals surface area (Å²) in [5.41, 5.74) is 0.592. The van der Waals surface area contributed by atoms with Crippen LogP contribution in [-0.4, -0.2) is 21.6 Å². The summed E-state index contributed by atoms with van der Waals surface area (Å²) in [6.45, 7) is 0. The Kier molecular flexibility index (Phi) is 2.91. The van der Waals surface area contributed by atoms with Gasteiger partial charge in [0.25, 0.3) is 11.8 Å². The van der Waals surface area contributed by atoms with Crippen LogP contribution in [-0.2, 0) is 7.05 Å². The second-order valence-corrected chi connectivity index (χ2v) is 5.34. The molecule has 0 saturated heterocycles. The van der Waals surface area contributed by atoms with E-state index in [1.165, 1.54) is 16.8 Å². The van der Waals surface area contributed by atoms with E-state index in [9.17, 15) is 14.0 Å². The van der Waals surface area contributed by atoms with E-state index in [0.717, 1.165) is 11.0 Å². The quantitative estimate of drug-likeness (QED) is 0.737. The first-order valence-corrected chi connectivity index (χ1v) is 6.65. The normalized spacial score (nSPS) is 14.1. The van der Waals surface area contributed by atoms with Gasteiger partial charge in [-0.15, -0.1) is 0 Å². The van der Waals surface area contributed by atoms with Gasteiger partial charge in [-0.25, -0.2) is 9.29 Å². The zero-order valence-electron chi connectivity index (χ0n) is 10.0. The molecule has 20 heavy (non-hydrogen) atoms. The van der Waals surface area contributed by atoms with E-state index in [0.29, 0.717) is 4.60 Å². The molecule has 2 aromatic rings. The molecule has 1 aromatic heterocycles. The van der Waals surface area contributed by atoms with Crippen LogP contribution in [0.2, 0.25) is 5.02 Å². The number of rotatable bonds is 1. The van der Waals surface area contributed by atoms with E-state index in [2.05, 4.69) is 21.0 Å². The van der Waals surface area contributed by atoms with Crippen molar-refractivity contribution >= 4 is 45.0 Å². The molecule has 0 aliphatic carbocycles. The molecule has 0 spiro atoms. The number of fused-ring (bicyclic) bond motifs is 1. The third kappa shape index (κ3) is 1.70. The van der Waals surface area contributed by atoms with Gasteiger partial charge >= 0.3 is 0 Å². The molecule has 0 radical (unpaired) electrons. The lowest BCUT2D eigenvalue weighted by molar-refractivity contribution is 0.0921. The summed E-state index contributed by atoms with van der Waals surface area (Å²) in [6.07, 6.45) is 0. The van der Waals surface area contributed by atoms with E-state index >= 15 is 0 Å².